The molecule has 3 heterocycles. The van der Waals surface area contributed by atoms with Gasteiger partial charge in [-0.3, -0.25) is 14.5 Å². The van der Waals surface area contributed by atoms with Crippen LogP contribution in [0.4, 0.5) is 11.4 Å². The molecule has 1 aromatic heterocycles. The summed E-state index contributed by atoms with van der Waals surface area (Å²) in [6.45, 7) is 9.86. The number of aromatic amines is 1. The summed E-state index contributed by atoms with van der Waals surface area (Å²) in [6, 6.07) is 6.20. The number of carbonyl (C=O) groups is 2. The third kappa shape index (κ3) is 4.55. The lowest BCUT2D eigenvalue weighted by Crippen LogP contribution is -2.43. The molecule has 1 aromatic carbocycles. The van der Waals surface area contributed by atoms with E-state index in [1.807, 2.05) is 6.07 Å². The molecule has 2 aliphatic heterocycles. The molecule has 0 radical (unpaired) electrons. The molecule has 2 saturated heterocycles. The van der Waals surface area contributed by atoms with E-state index < -0.39 is 0 Å². The number of amides is 1. The Morgan fingerprint density at radius 3 is 2.69 bits per heavy atom. The zero-order valence-corrected chi connectivity index (χ0v) is 19.2. The van der Waals surface area contributed by atoms with Crippen molar-refractivity contribution >= 4 is 34.0 Å². The summed E-state index contributed by atoms with van der Waals surface area (Å²) >= 11 is 0. The molecule has 7 nitrogen and oxygen atoms in total. The fourth-order valence-electron chi connectivity index (χ4n) is 5.12. The number of ether oxygens (including phenoxy) is 1. The second kappa shape index (κ2) is 8.52. The number of fused-ring (bicyclic) bond motifs is 1. The maximum absolute atomic E-state index is 13.1. The highest BCUT2D eigenvalue weighted by atomic mass is 16.5. The van der Waals surface area contributed by atoms with Gasteiger partial charge in [-0.2, -0.15) is 0 Å². The molecule has 7 heteroatoms. The van der Waals surface area contributed by atoms with Crippen LogP contribution in [-0.4, -0.2) is 67.5 Å². The third-order valence-corrected chi connectivity index (χ3v) is 6.96. The van der Waals surface area contributed by atoms with Crippen LogP contribution in [0.5, 0.6) is 0 Å². The molecule has 172 valence electrons. The highest BCUT2D eigenvalue weighted by molar-refractivity contribution is 6.14. The van der Waals surface area contributed by atoms with E-state index in [0.29, 0.717) is 31.1 Å². The largest absolute Gasteiger partial charge is 0.378 e. The van der Waals surface area contributed by atoms with Gasteiger partial charge in [0.1, 0.15) is 5.69 Å². The van der Waals surface area contributed by atoms with Crippen LogP contribution in [-0.2, 0) is 9.53 Å². The monoisotopic (exact) mass is 438 g/mol. The Morgan fingerprint density at radius 2 is 1.97 bits per heavy atom. The number of nitrogens with zero attached hydrogens (tertiary/aromatic N) is 2. The highest BCUT2D eigenvalue weighted by Gasteiger charge is 2.34. The van der Waals surface area contributed by atoms with Crippen molar-refractivity contribution < 1.29 is 14.3 Å². The van der Waals surface area contributed by atoms with E-state index in [1.54, 1.807) is 0 Å². The minimum atomic E-state index is -0.0507. The van der Waals surface area contributed by atoms with Crippen molar-refractivity contribution in [3.63, 3.8) is 0 Å². The molecule has 0 atom stereocenters. The van der Waals surface area contributed by atoms with Crippen LogP contribution in [0, 0.1) is 11.3 Å². The zero-order valence-electron chi connectivity index (χ0n) is 19.2. The number of aromatic nitrogens is 1. The summed E-state index contributed by atoms with van der Waals surface area (Å²) in [4.78, 5) is 33.9. The number of H-pyrrole nitrogens is 1. The quantitative estimate of drug-likeness (QED) is 0.673. The molecule has 3 aliphatic rings. The summed E-state index contributed by atoms with van der Waals surface area (Å²) in [5.41, 5.74) is 3.42. The third-order valence-electron chi connectivity index (χ3n) is 6.96. The number of Topliss-reactive ketones (excluding diaryl/α,β-unsaturated/α-hetero) is 1. The minimum Gasteiger partial charge on any atom is -0.378 e. The first-order valence-electron chi connectivity index (χ1n) is 11.9. The van der Waals surface area contributed by atoms with Crippen LogP contribution in [0.1, 0.15) is 50.0 Å². The van der Waals surface area contributed by atoms with E-state index >= 15 is 0 Å². The number of carbonyl (C=O) groups excluding carboxylic acids is 2. The van der Waals surface area contributed by atoms with Crippen molar-refractivity contribution in [1.82, 2.24) is 9.88 Å². The predicted octanol–water partition coefficient (Wildman–Crippen LogP) is 3.66. The fourth-order valence-corrected chi connectivity index (χ4v) is 5.12. The summed E-state index contributed by atoms with van der Waals surface area (Å²) in [6.07, 6.45) is 4.17. The van der Waals surface area contributed by atoms with Gasteiger partial charge in [0.25, 0.3) is 0 Å². The maximum Gasteiger partial charge on any atom is 0.238 e. The molecule has 0 unspecified atom stereocenters. The van der Waals surface area contributed by atoms with Crippen LogP contribution < -0.4 is 10.2 Å². The SMILES string of the molecule is CC1(C)CCCN(CC(=O)Nc2c(C(=O)C3CC3)[nH]c3ccc(N4CCOCC4)cc23)C1. The standard InChI is InChI=1S/C25H34N4O3/c1-25(2)8-3-9-28(16-25)15-21(30)27-22-19-14-18(29-10-12-32-13-11-29)6-7-20(19)26-23(22)24(31)17-4-5-17/h6-7,14,17,26H,3-5,8-13,15-16H2,1-2H3,(H,27,30). The molecular weight excluding hydrogens is 404 g/mol. The van der Waals surface area contributed by atoms with Gasteiger partial charge in [0.2, 0.25) is 5.91 Å². The van der Waals surface area contributed by atoms with Gasteiger partial charge in [-0.15, -0.1) is 0 Å². The lowest BCUT2D eigenvalue weighted by Gasteiger charge is -2.37. The van der Waals surface area contributed by atoms with Gasteiger partial charge in [-0.05, 0) is 55.8 Å². The molecule has 0 bridgehead atoms. The second-order valence-electron chi connectivity index (χ2n) is 10.4. The lowest BCUT2D eigenvalue weighted by molar-refractivity contribution is -0.118. The van der Waals surface area contributed by atoms with E-state index in [-0.39, 0.29) is 23.0 Å². The smallest absolute Gasteiger partial charge is 0.238 e. The molecule has 5 rings (SSSR count). The van der Waals surface area contributed by atoms with Crippen molar-refractivity contribution in [3.8, 4) is 0 Å². The van der Waals surface area contributed by atoms with Gasteiger partial charge in [-0.25, -0.2) is 0 Å². The first-order chi connectivity index (χ1) is 15.4. The molecule has 0 spiro atoms. The van der Waals surface area contributed by atoms with Crippen LogP contribution in [0.15, 0.2) is 18.2 Å². The Bertz CT molecular complexity index is 1020. The number of nitrogens with one attached hydrogen (secondary N) is 2. The number of piperidine rings is 1. The Balaban J connectivity index is 1.42. The molecular formula is C25H34N4O3. The number of rotatable bonds is 6. The lowest BCUT2D eigenvalue weighted by atomic mass is 9.84. The topological polar surface area (TPSA) is 77.7 Å². The number of ketones is 1. The van der Waals surface area contributed by atoms with Crippen LogP contribution in [0.25, 0.3) is 10.9 Å². The summed E-state index contributed by atoms with van der Waals surface area (Å²) < 4.78 is 5.49. The first kappa shape index (κ1) is 21.5. The van der Waals surface area contributed by atoms with Crippen LogP contribution in [0.3, 0.4) is 0 Å². The Labute approximate surface area is 189 Å². The molecule has 32 heavy (non-hydrogen) atoms. The van der Waals surface area contributed by atoms with Crippen LogP contribution >= 0.6 is 0 Å². The van der Waals surface area contributed by atoms with E-state index in [9.17, 15) is 9.59 Å². The number of morpholine rings is 1. The van der Waals surface area contributed by atoms with Gasteiger partial charge in [0, 0.05) is 42.1 Å². The summed E-state index contributed by atoms with van der Waals surface area (Å²) in [5, 5.41) is 4.03. The number of benzene rings is 1. The van der Waals surface area contributed by atoms with Gasteiger partial charge in [0.15, 0.2) is 5.78 Å². The molecule has 1 aliphatic carbocycles. The fraction of sp³-hybridized carbons (Fsp3) is 0.600. The molecule has 1 amide bonds. The molecule has 3 fully saturated rings. The molecule has 1 saturated carbocycles. The van der Waals surface area contributed by atoms with Gasteiger partial charge in [0.05, 0.1) is 25.4 Å². The highest BCUT2D eigenvalue weighted by Crippen LogP contribution is 2.38. The maximum atomic E-state index is 13.1. The van der Waals surface area contributed by atoms with E-state index in [4.69, 9.17) is 4.74 Å². The summed E-state index contributed by atoms with van der Waals surface area (Å²) in [5.74, 6) is 0.147. The van der Waals surface area contributed by atoms with Crippen molar-refractivity contribution in [2.24, 2.45) is 11.3 Å². The van der Waals surface area contributed by atoms with E-state index in [0.717, 1.165) is 62.0 Å². The average Bonchev–Trinajstić information content (AvgIpc) is 3.56. The van der Waals surface area contributed by atoms with Crippen molar-refractivity contribution in [2.45, 2.75) is 39.5 Å². The summed E-state index contributed by atoms with van der Waals surface area (Å²) in [7, 11) is 0. The first-order valence-corrected chi connectivity index (χ1v) is 11.9. The van der Waals surface area contributed by atoms with E-state index in [1.165, 1.54) is 6.42 Å². The number of hydrogen-bond acceptors (Lipinski definition) is 5. The van der Waals surface area contributed by atoms with Crippen molar-refractivity contribution in [1.29, 1.82) is 0 Å². The normalized spacial score (nSPS) is 21.6. The van der Waals surface area contributed by atoms with Gasteiger partial charge in [-0.1, -0.05) is 13.8 Å². The average molecular weight is 439 g/mol. The Hall–Kier alpha value is -2.38. The van der Waals surface area contributed by atoms with Gasteiger partial charge >= 0.3 is 0 Å². The van der Waals surface area contributed by atoms with Crippen molar-refractivity contribution in [2.75, 3.05) is 56.2 Å². The molecule has 2 aromatic rings. The zero-order chi connectivity index (χ0) is 22.3. The van der Waals surface area contributed by atoms with Crippen molar-refractivity contribution in [3.05, 3.63) is 23.9 Å². The van der Waals surface area contributed by atoms with E-state index in [2.05, 4.69) is 46.1 Å². The number of hydrogen-bond donors (Lipinski definition) is 2. The molecule has 2 N–H and O–H groups in total. The Kier molecular flexibility index (Phi) is 5.72. The minimum absolute atomic E-state index is 0.0507. The number of likely N-dealkylation sites (tertiary alicyclic amines) is 1. The Morgan fingerprint density at radius 1 is 1.19 bits per heavy atom. The number of anilines is 2. The second-order valence-corrected chi connectivity index (χ2v) is 10.4. The van der Waals surface area contributed by atoms with Gasteiger partial charge < -0.3 is 19.9 Å². The predicted molar refractivity (Wildman–Crippen MR) is 126 cm³/mol. The van der Waals surface area contributed by atoms with Crippen LogP contribution in [0.2, 0.25) is 0 Å².